The Morgan fingerprint density at radius 1 is 1.38 bits per heavy atom. The predicted octanol–water partition coefficient (Wildman–Crippen LogP) is 3.00. The molecule has 0 fully saturated rings. The van der Waals surface area contributed by atoms with E-state index >= 15 is 0 Å². The van der Waals surface area contributed by atoms with Crippen LogP contribution in [0.25, 0.3) is 0 Å². The quantitative estimate of drug-likeness (QED) is 0.891. The average Bonchev–Trinajstić information content (AvgIpc) is 2.87. The van der Waals surface area contributed by atoms with Crippen LogP contribution >= 0.6 is 11.3 Å². The van der Waals surface area contributed by atoms with Gasteiger partial charge in [-0.3, -0.25) is 4.79 Å². The monoisotopic (exact) mass is 304 g/mol. The molecule has 0 atom stereocenters. The molecule has 2 aromatic heterocycles. The fourth-order valence-electron chi connectivity index (χ4n) is 2.00. The highest BCUT2D eigenvalue weighted by molar-refractivity contribution is 7.13. The van der Waals surface area contributed by atoms with Gasteiger partial charge in [0.15, 0.2) is 5.13 Å². The van der Waals surface area contributed by atoms with Crippen molar-refractivity contribution in [3.63, 3.8) is 0 Å². The van der Waals surface area contributed by atoms with Crippen molar-refractivity contribution < 1.29 is 4.79 Å². The SMILES string of the molecule is CCN(CC)C(=O)Cc1csc(Nc2cc(C)ccn2)n1. The highest BCUT2D eigenvalue weighted by atomic mass is 32.1. The predicted molar refractivity (Wildman–Crippen MR) is 86.0 cm³/mol. The summed E-state index contributed by atoms with van der Waals surface area (Å²) in [6, 6.07) is 3.91. The van der Waals surface area contributed by atoms with Crippen molar-refractivity contribution in [1.82, 2.24) is 14.9 Å². The van der Waals surface area contributed by atoms with E-state index in [-0.39, 0.29) is 5.91 Å². The van der Waals surface area contributed by atoms with Crippen LogP contribution in [0.5, 0.6) is 0 Å². The normalized spacial score (nSPS) is 10.4. The maximum Gasteiger partial charge on any atom is 0.228 e. The zero-order chi connectivity index (χ0) is 15.2. The van der Waals surface area contributed by atoms with Crippen LogP contribution in [0, 0.1) is 6.92 Å². The Kier molecular flexibility index (Phi) is 5.27. The molecular formula is C15H20N4OS. The summed E-state index contributed by atoms with van der Waals surface area (Å²) in [7, 11) is 0. The molecule has 5 nitrogen and oxygen atoms in total. The first-order valence-corrected chi connectivity index (χ1v) is 7.92. The van der Waals surface area contributed by atoms with Gasteiger partial charge in [-0.1, -0.05) is 0 Å². The third-order valence-corrected chi connectivity index (χ3v) is 3.96. The van der Waals surface area contributed by atoms with E-state index in [0.29, 0.717) is 6.42 Å². The maximum atomic E-state index is 12.0. The molecular weight excluding hydrogens is 284 g/mol. The third-order valence-electron chi connectivity index (χ3n) is 3.15. The van der Waals surface area contributed by atoms with Gasteiger partial charge in [0.05, 0.1) is 12.1 Å². The van der Waals surface area contributed by atoms with Crippen LogP contribution in [0.1, 0.15) is 25.1 Å². The number of amides is 1. The van der Waals surface area contributed by atoms with Gasteiger partial charge < -0.3 is 10.2 Å². The van der Waals surface area contributed by atoms with Gasteiger partial charge in [0.25, 0.3) is 0 Å². The van der Waals surface area contributed by atoms with Crippen molar-refractivity contribution in [1.29, 1.82) is 0 Å². The van der Waals surface area contributed by atoms with Crippen LogP contribution in [-0.2, 0) is 11.2 Å². The number of thiazole rings is 1. The van der Waals surface area contributed by atoms with Crippen LogP contribution < -0.4 is 5.32 Å². The molecule has 0 bridgehead atoms. The number of pyridine rings is 1. The molecule has 0 aliphatic carbocycles. The highest BCUT2D eigenvalue weighted by Crippen LogP contribution is 2.20. The summed E-state index contributed by atoms with van der Waals surface area (Å²) in [5.74, 6) is 0.886. The first-order chi connectivity index (χ1) is 10.1. The molecule has 1 amide bonds. The summed E-state index contributed by atoms with van der Waals surface area (Å²) >= 11 is 1.49. The van der Waals surface area contributed by atoms with Crippen molar-refractivity contribution in [2.45, 2.75) is 27.2 Å². The first kappa shape index (κ1) is 15.4. The van der Waals surface area contributed by atoms with Crippen LogP contribution in [-0.4, -0.2) is 33.9 Å². The topological polar surface area (TPSA) is 58.1 Å². The van der Waals surface area contributed by atoms with Gasteiger partial charge in [0.1, 0.15) is 5.82 Å². The van der Waals surface area contributed by atoms with Crippen LogP contribution in [0.15, 0.2) is 23.7 Å². The van der Waals surface area contributed by atoms with Crippen molar-refractivity contribution in [3.8, 4) is 0 Å². The van der Waals surface area contributed by atoms with Crippen LogP contribution in [0.3, 0.4) is 0 Å². The molecule has 0 aliphatic heterocycles. The number of anilines is 2. The van der Waals surface area contributed by atoms with Gasteiger partial charge in [0, 0.05) is 24.7 Å². The Morgan fingerprint density at radius 3 is 2.81 bits per heavy atom. The largest absolute Gasteiger partial charge is 0.343 e. The lowest BCUT2D eigenvalue weighted by Gasteiger charge is -2.17. The molecule has 112 valence electrons. The number of hydrogen-bond acceptors (Lipinski definition) is 5. The summed E-state index contributed by atoms with van der Waals surface area (Å²) in [5, 5.41) is 5.84. The number of nitrogens with zero attached hydrogens (tertiary/aromatic N) is 3. The van der Waals surface area contributed by atoms with E-state index in [9.17, 15) is 4.79 Å². The molecule has 0 unspecified atom stereocenters. The molecule has 0 saturated heterocycles. The van der Waals surface area contributed by atoms with Gasteiger partial charge >= 0.3 is 0 Å². The molecule has 0 radical (unpaired) electrons. The van der Waals surface area contributed by atoms with Gasteiger partial charge in [-0.05, 0) is 38.5 Å². The Labute approximate surface area is 129 Å². The molecule has 2 rings (SSSR count). The van der Waals surface area contributed by atoms with Gasteiger partial charge in [0.2, 0.25) is 5.91 Å². The first-order valence-electron chi connectivity index (χ1n) is 7.04. The maximum absolute atomic E-state index is 12.0. The zero-order valence-electron chi connectivity index (χ0n) is 12.6. The number of likely N-dealkylation sites (N-methyl/N-ethyl adjacent to an activating group) is 1. The lowest BCUT2D eigenvalue weighted by atomic mass is 10.3. The standard InChI is InChI=1S/C15H20N4OS/c1-4-19(5-2)14(20)9-12-10-21-15(17-12)18-13-8-11(3)6-7-16-13/h6-8,10H,4-5,9H2,1-3H3,(H,16,17,18). The smallest absolute Gasteiger partial charge is 0.228 e. The number of carbonyl (C=O) groups is 1. The van der Waals surface area contributed by atoms with Crippen LogP contribution in [0.2, 0.25) is 0 Å². The van der Waals surface area contributed by atoms with E-state index in [1.54, 1.807) is 6.20 Å². The number of aryl methyl sites for hydroxylation is 1. The van der Waals surface area contributed by atoms with Gasteiger partial charge in [-0.15, -0.1) is 11.3 Å². The van der Waals surface area contributed by atoms with E-state index in [1.165, 1.54) is 11.3 Å². The van der Waals surface area contributed by atoms with E-state index in [2.05, 4.69) is 15.3 Å². The average molecular weight is 304 g/mol. The molecule has 0 aromatic carbocycles. The Morgan fingerprint density at radius 2 is 2.14 bits per heavy atom. The van der Waals surface area contributed by atoms with Crippen LogP contribution in [0.4, 0.5) is 10.9 Å². The second-order valence-electron chi connectivity index (χ2n) is 4.73. The van der Waals surface area contributed by atoms with Crippen molar-refractivity contribution in [2.24, 2.45) is 0 Å². The molecule has 2 heterocycles. The summed E-state index contributed by atoms with van der Waals surface area (Å²) in [6.45, 7) is 7.45. The van der Waals surface area contributed by atoms with Gasteiger partial charge in [-0.2, -0.15) is 0 Å². The molecule has 1 N–H and O–H groups in total. The zero-order valence-corrected chi connectivity index (χ0v) is 13.4. The lowest BCUT2D eigenvalue weighted by Crippen LogP contribution is -2.31. The highest BCUT2D eigenvalue weighted by Gasteiger charge is 2.12. The third kappa shape index (κ3) is 4.26. The van der Waals surface area contributed by atoms with E-state index < -0.39 is 0 Å². The summed E-state index contributed by atoms with van der Waals surface area (Å²) in [6.07, 6.45) is 2.11. The van der Waals surface area contributed by atoms with Crippen molar-refractivity contribution in [2.75, 3.05) is 18.4 Å². The van der Waals surface area contributed by atoms with Crippen molar-refractivity contribution >= 4 is 28.2 Å². The van der Waals surface area contributed by atoms with E-state index in [4.69, 9.17) is 0 Å². The second-order valence-corrected chi connectivity index (χ2v) is 5.59. The molecule has 0 aliphatic rings. The Bertz CT molecular complexity index is 607. The Balaban J connectivity index is 2.00. The van der Waals surface area contributed by atoms with E-state index in [0.717, 1.165) is 35.3 Å². The number of carbonyl (C=O) groups excluding carboxylic acids is 1. The summed E-state index contributed by atoms with van der Waals surface area (Å²) in [5.41, 5.74) is 1.94. The second kappa shape index (κ2) is 7.17. The van der Waals surface area contributed by atoms with Gasteiger partial charge in [-0.25, -0.2) is 9.97 Å². The van der Waals surface area contributed by atoms with E-state index in [1.807, 2.05) is 43.2 Å². The number of aromatic nitrogens is 2. The number of hydrogen-bond donors (Lipinski definition) is 1. The molecule has 0 spiro atoms. The minimum Gasteiger partial charge on any atom is -0.343 e. The molecule has 21 heavy (non-hydrogen) atoms. The number of nitrogens with one attached hydrogen (secondary N) is 1. The summed E-state index contributed by atoms with van der Waals surface area (Å²) < 4.78 is 0. The minimum absolute atomic E-state index is 0.116. The fourth-order valence-corrected chi connectivity index (χ4v) is 2.72. The molecule has 2 aromatic rings. The number of rotatable bonds is 6. The Hall–Kier alpha value is -1.95. The minimum atomic E-state index is 0.116. The fraction of sp³-hybridized carbons (Fsp3) is 0.400. The molecule has 6 heteroatoms. The van der Waals surface area contributed by atoms with Crippen molar-refractivity contribution in [3.05, 3.63) is 35.0 Å². The lowest BCUT2D eigenvalue weighted by molar-refractivity contribution is -0.130. The summed E-state index contributed by atoms with van der Waals surface area (Å²) in [4.78, 5) is 22.5. The molecule has 0 saturated carbocycles.